The second-order valence-electron chi connectivity index (χ2n) is 4.47. The van der Waals surface area contributed by atoms with Gasteiger partial charge in [-0.2, -0.15) is 5.10 Å². The summed E-state index contributed by atoms with van der Waals surface area (Å²) in [6, 6.07) is 4.17. The van der Waals surface area contributed by atoms with Crippen LogP contribution in [0.3, 0.4) is 0 Å². The topological polar surface area (TPSA) is 43.0 Å². The summed E-state index contributed by atoms with van der Waals surface area (Å²) in [5, 5.41) is 7.29. The van der Waals surface area contributed by atoms with Crippen molar-refractivity contribution in [3.8, 4) is 0 Å². The highest BCUT2D eigenvalue weighted by atomic mass is 19.3. The Morgan fingerprint density at radius 3 is 3.06 bits per heavy atom. The van der Waals surface area contributed by atoms with Crippen molar-refractivity contribution >= 4 is 5.82 Å². The third-order valence-corrected chi connectivity index (χ3v) is 3.15. The summed E-state index contributed by atoms with van der Waals surface area (Å²) in [7, 11) is 0. The highest BCUT2D eigenvalue weighted by Crippen LogP contribution is 2.38. The van der Waals surface area contributed by atoms with Gasteiger partial charge in [-0.15, -0.1) is 0 Å². The third kappa shape index (κ3) is 1.77. The van der Waals surface area contributed by atoms with Crippen molar-refractivity contribution in [3.63, 3.8) is 0 Å². The Bertz CT molecular complexity index is 536. The quantitative estimate of drug-likeness (QED) is 0.894. The molecule has 0 saturated heterocycles. The van der Waals surface area contributed by atoms with Crippen molar-refractivity contribution < 1.29 is 13.2 Å². The number of aromatic nitrogens is 2. The lowest BCUT2D eigenvalue weighted by molar-refractivity contribution is 0.0644. The highest BCUT2D eigenvalue weighted by Gasteiger charge is 2.35. The number of fused-ring (bicyclic) bond motifs is 1. The number of alkyl halides is 2. The second kappa shape index (κ2) is 4.12. The smallest absolute Gasteiger partial charge is 0.260 e. The summed E-state index contributed by atoms with van der Waals surface area (Å²) in [5.74, 6) is 1.29. The third-order valence-electron chi connectivity index (χ3n) is 3.15. The molecular formula is C12H13F2N3O. The van der Waals surface area contributed by atoms with Gasteiger partial charge in [0.15, 0.2) is 0 Å². The molecule has 1 N–H and O–H groups in total. The Labute approximate surface area is 103 Å². The molecule has 2 aromatic heterocycles. The number of hydrogen-bond donors (Lipinski definition) is 1. The molecule has 1 aliphatic rings. The molecule has 4 nitrogen and oxygen atoms in total. The molecule has 2 atom stereocenters. The number of furan rings is 1. The van der Waals surface area contributed by atoms with E-state index in [9.17, 15) is 8.78 Å². The summed E-state index contributed by atoms with van der Waals surface area (Å²) >= 11 is 0. The molecule has 2 unspecified atom stereocenters. The number of anilines is 1. The van der Waals surface area contributed by atoms with Crippen LogP contribution in [0.2, 0.25) is 0 Å². The van der Waals surface area contributed by atoms with Crippen molar-refractivity contribution in [2.75, 3.05) is 5.32 Å². The Balaban J connectivity index is 1.97. The molecule has 3 rings (SSSR count). The van der Waals surface area contributed by atoms with Crippen molar-refractivity contribution in [3.05, 3.63) is 35.9 Å². The number of aryl methyl sites for hydroxylation is 1. The first-order chi connectivity index (χ1) is 8.65. The Morgan fingerprint density at radius 1 is 1.56 bits per heavy atom. The van der Waals surface area contributed by atoms with Crippen LogP contribution in [0, 0.1) is 6.92 Å². The largest absolute Gasteiger partial charge is 0.467 e. The molecule has 0 spiro atoms. The maximum absolute atomic E-state index is 13.1. The van der Waals surface area contributed by atoms with Crippen LogP contribution < -0.4 is 5.32 Å². The predicted molar refractivity (Wildman–Crippen MR) is 61.7 cm³/mol. The van der Waals surface area contributed by atoms with Gasteiger partial charge in [-0.3, -0.25) is 0 Å². The van der Waals surface area contributed by atoms with Crippen LogP contribution in [0.4, 0.5) is 14.6 Å². The molecule has 0 bridgehead atoms. The monoisotopic (exact) mass is 253 g/mol. The molecule has 3 heterocycles. The number of hydrogen-bond acceptors (Lipinski definition) is 3. The Morgan fingerprint density at radius 2 is 2.39 bits per heavy atom. The number of nitrogens with one attached hydrogen (secondary N) is 1. The van der Waals surface area contributed by atoms with Crippen LogP contribution in [-0.4, -0.2) is 16.2 Å². The van der Waals surface area contributed by atoms with E-state index in [1.54, 1.807) is 31.4 Å². The molecule has 0 radical (unpaired) electrons. The first kappa shape index (κ1) is 11.3. The normalized spacial score (nSPS) is 22.9. The van der Waals surface area contributed by atoms with Crippen molar-refractivity contribution in [1.29, 1.82) is 0 Å². The van der Waals surface area contributed by atoms with Crippen LogP contribution in [0.15, 0.2) is 28.9 Å². The minimum absolute atomic E-state index is 0.234. The molecule has 2 aromatic rings. The maximum atomic E-state index is 13.1. The first-order valence-corrected chi connectivity index (χ1v) is 5.79. The lowest BCUT2D eigenvalue weighted by Crippen LogP contribution is -2.30. The van der Waals surface area contributed by atoms with Gasteiger partial charge >= 0.3 is 0 Å². The van der Waals surface area contributed by atoms with Gasteiger partial charge in [0.1, 0.15) is 17.6 Å². The van der Waals surface area contributed by atoms with Gasteiger partial charge in [-0.25, -0.2) is 13.5 Å². The fraction of sp³-hybridized carbons (Fsp3) is 0.417. The number of rotatable bonds is 2. The second-order valence-corrected chi connectivity index (χ2v) is 4.47. The van der Waals surface area contributed by atoms with Crippen LogP contribution in [0.25, 0.3) is 0 Å². The van der Waals surface area contributed by atoms with E-state index in [1.807, 2.05) is 0 Å². The molecule has 0 fully saturated rings. The Kier molecular flexibility index (Phi) is 2.57. The van der Waals surface area contributed by atoms with E-state index in [1.165, 1.54) is 4.68 Å². The van der Waals surface area contributed by atoms with Crippen molar-refractivity contribution in [2.45, 2.75) is 31.9 Å². The summed E-state index contributed by atoms with van der Waals surface area (Å²) in [6.07, 6.45) is -0.632. The van der Waals surface area contributed by atoms with E-state index >= 15 is 0 Å². The average Bonchev–Trinajstić information content (AvgIpc) is 2.93. The number of nitrogens with zero attached hydrogens (tertiary/aromatic N) is 2. The highest BCUT2D eigenvalue weighted by molar-refractivity contribution is 5.42. The van der Waals surface area contributed by atoms with E-state index < -0.39 is 12.5 Å². The standard InChI is InChI=1S/C12H13F2N3O/c1-7-5-11-15-8(10-3-2-4-18-10)6-9(12(13)14)17(11)16-7/h2-5,8-9,12,15H,6H2,1H3. The molecular weight excluding hydrogens is 240 g/mol. The van der Waals surface area contributed by atoms with Gasteiger partial charge in [0.25, 0.3) is 6.43 Å². The van der Waals surface area contributed by atoms with Crippen LogP contribution in [0.1, 0.15) is 30.0 Å². The zero-order valence-electron chi connectivity index (χ0n) is 9.81. The maximum Gasteiger partial charge on any atom is 0.260 e. The van der Waals surface area contributed by atoms with Crippen LogP contribution >= 0.6 is 0 Å². The van der Waals surface area contributed by atoms with Gasteiger partial charge in [-0.1, -0.05) is 0 Å². The molecule has 96 valence electrons. The van der Waals surface area contributed by atoms with Gasteiger partial charge < -0.3 is 9.73 Å². The molecule has 0 aliphatic carbocycles. The lowest BCUT2D eigenvalue weighted by atomic mass is 10.0. The summed E-state index contributed by atoms with van der Waals surface area (Å²) in [6.45, 7) is 1.79. The summed E-state index contributed by atoms with van der Waals surface area (Å²) in [4.78, 5) is 0. The minimum atomic E-state index is -2.44. The van der Waals surface area contributed by atoms with Crippen molar-refractivity contribution in [1.82, 2.24) is 9.78 Å². The molecule has 0 amide bonds. The molecule has 0 saturated carbocycles. The lowest BCUT2D eigenvalue weighted by Gasteiger charge is -2.30. The summed E-state index contributed by atoms with van der Waals surface area (Å²) < 4.78 is 32.9. The SMILES string of the molecule is Cc1cc2n(n1)C(C(F)F)CC(c1ccco1)N2. The van der Waals surface area contributed by atoms with Crippen LogP contribution in [0.5, 0.6) is 0 Å². The van der Waals surface area contributed by atoms with E-state index in [-0.39, 0.29) is 12.5 Å². The predicted octanol–water partition coefficient (Wildman–Crippen LogP) is 3.15. The van der Waals surface area contributed by atoms with Crippen molar-refractivity contribution in [2.24, 2.45) is 0 Å². The zero-order chi connectivity index (χ0) is 12.7. The first-order valence-electron chi connectivity index (χ1n) is 5.79. The fourth-order valence-corrected chi connectivity index (χ4v) is 2.34. The van der Waals surface area contributed by atoms with E-state index in [0.29, 0.717) is 11.6 Å². The van der Waals surface area contributed by atoms with E-state index in [2.05, 4.69) is 10.4 Å². The minimum Gasteiger partial charge on any atom is -0.467 e. The van der Waals surface area contributed by atoms with Gasteiger partial charge in [0.05, 0.1) is 18.0 Å². The van der Waals surface area contributed by atoms with Gasteiger partial charge in [-0.05, 0) is 19.1 Å². The molecule has 1 aliphatic heterocycles. The number of halogens is 2. The van der Waals surface area contributed by atoms with Gasteiger partial charge in [0.2, 0.25) is 0 Å². The van der Waals surface area contributed by atoms with E-state index in [0.717, 1.165) is 5.69 Å². The summed E-state index contributed by atoms with van der Waals surface area (Å²) in [5.41, 5.74) is 0.725. The van der Waals surface area contributed by atoms with Crippen LogP contribution in [-0.2, 0) is 0 Å². The van der Waals surface area contributed by atoms with Gasteiger partial charge in [0, 0.05) is 12.5 Å². The molecule has 6 heteroatoms. The van der Waals surface area contributed by atoms with E-state index in [4.69, 9.17) is 4.42 Å². The average molecular weight is 253 g/mol. The Hall–Kier alpha value is -1.85. The zero-order valence-corrected chi connectivity index (χ0v) is 9.81. The molecule has 0 aromatic carbocycles. The fourth-order valence-electron chi connectivity index (χ4n) is 2.34. The molecule has 18 heavy (non-hydrogen) atoms.